The monoisotopic (exact) mass is 420 g/mol. The molecule has 1 aromatic carbocycles. The van der Waals surface area contributed by atoms with Crippen molar-refractivity contribution in [3.63, 3.8) is 0 Å². The molecule has 0 bridgehead atoms. The van der Waals surface area contributed by atoms with Crippen molar-refractivity contribution < 1.29 is 40.1 Å². The summed E-state index contributed by atoms with van der Waals surface area (Å²) in [7, 11) is 0. The zero-order valence-electron chi connectivity index (χ0n) is 14.1. The second-order valence-electron chi connectivity index (χ2n) is 5.63. The smallest absolute Gasteiger partial charge is 0.448 e. The predicted molar refractivity (Wildman–Crippen MR) is 82.4 cm³/mol. The van der Waals surface area contributed by atoms with Gasteiger partial charge in [0.25, 0.3) is 12.3 Å². The first kappa shape index (κ1) is 20.4. The minimum atomic E-state index is -4.75. The highest BCUT2D eigenvalue weighted by molar-refractivity contribution is 5.92. The highest BCUT2D eigenvalue weighted by atomic mass is 19.4. The number of nitrogens with zero attached hydrogens (tertiary/aromatic N) is 3. The molecule has 1 N–H and O–H groups in total. The number of carbonyl (C=O) groups is 1. The largest absolute Gasteiger partial charge is 0.471 e. The van der Waals surface area contributed by atoms with Gasteiger partial charge in [-0.15, -0.1) is 0 Å². The lowest BCUT2D eigenvalue weighted by atomic mass is 10.1. The van der Waals surface area contributed by atoms with E-state index >= 15 is 0 Å². The molecule has 0 aliphatic carbocycles. The van der Waals surface area contributed by atoms with E-state index in [9.17, 15) is 31.1 Å². The standard InChI is InChI=1S/C16H10F6N4O3/c17-11(18)12(19)24-14(27)9-6-28-10(23-9)5-7-1-3-8(4-2-7)13-25-15(29-26-13)16(20,21)22/h1-4,6,11-12H,5H2,(H,24,27). The second-order valence-corrected chi connectivity index (χ2v) is 5.63. The van der Waals surface area contributed by atoms with Crippen molar-refractivity contribution in [1.82, 2.24) is 20.4 Å². The molecule has 1 atom stereocenters. The van der Waals surface area contributed by atoms with Crippen LogP contribution >= 0.6 is 0 Å². The van der Waals surface area contributed by atoms with Gasteiger partial charge in [-0.2, -0.15) is 18.2 Å². The molecule has 2 heterocycles. The van der Waals surface area contributed by atoms with Gasteiger partial charge in [0.15, 0.2) is 11.6 Å². The third-order valence-corrected chi connectivity index (χ3v) is 3.51. The fourth-order valence-electron chi connectivity index (χ4n) is 2.16. The molecule has 7 nitrogen and oxygen atoms in total. The molecule has 1 unspecified atom stereocenters. The first-order valence-corrected chi connectivity index (χ1v) is 7.81. The number of aromatic nitrogens is 3. The average molecular weight is 420 g/mol. The number of amides is 1. The highest BCUT2D eigenvalue weighted by Crippen LogP contribution is 2.29. The van der Waals surface area contributed by atoms with E-state index in [2.05, 4.69) is 19.6 Å². The molecule has 1 amide bonds. The average Bonchev–Trinajstić information content (AvgIpc) is 3.31. The van der Waals surface area contributed by atoms with Gasteiger partial charge in [-0.3, -0.25) is 4.79 Å². The Labute approximate surface area is 157 Å². The van der Waals surface area contributed by atoms with Crippen molar-refractivity contribution >= 4 is 5.91 Å². The maximum absolute atomic E-state index is 12.8. The Hall–Kier alpha value is -3.38. The van der Waals surface area contributed by atoms with Crippen LogP contribution in [0.4, 0.5) is 26.3 Å². The van der Waals surface area contributed by atoms with Gasteiger partial charge in [0, 0.05) is 12.0 Å². The van der Waals surface area contributed by atoms with E-state index in [0.717, 1.165) is 6.26 Å². The van der Waals surface area contributed by atoms with Gasteiger partial charge >= 0.3 is 12.1 Å². The molecule has 13 heteroatoms. The number of nitrogens with one attached hydrogen (secondary N) is 1. The number of alkyl halides is 6. The third-order valence-electron chi connectivity index (χ3n) is 3.51. The first-order valence-electron chi connectivity index (χ1n) is 7.81. The summed E-state index contributed by atoms with van der Waals surface area (Å²) in [4.78, 5) is 18.6. The zero-order valence-corrected chi connectivity index (χ0v) is 14.1. The molecule has 0 saturated carbocycles. The Morgan fingerprint density at radius 2 is 1.79 bits per heavy atom. The van der Waals surface area contributed by atoms with Crippen LogP contribution in [0.1, 0.15) is 27.8 Å². The molecule has 3 rings (SSSR count). The van der Waals surface area contributed by atoms with Crippen LogP contribution in [-0.4, -0.2) is 33.8 Å². The summed E-state index contributed by atoms with van der Waals surface area (Å²) in [5.41, 5.74) is 0.478. The molecule has 3 aromatic rings. The van der Waals surface area contributed by atoms with Crippen molar-refractivity contribution in [2.24, 2.45) is 0 Å². The van der Waals surface area contributed by atoms with Crippen molar-refractivity contribution in [1.29, 1.82) is 0 Å². The molecule has 0 saturated heterocycles. The minimum Gasteiger partial charge on any atom is -0.448 e. The van der Waals surface area contributed by atoms with E-state index in [4.69, 9.17) is 4.42 Å². The van der Waals surface area contributed by atoms with Crippen LogP contribution in [0.5, 0.6) is 0 Å². The molecule has 2 aromatic heterocycles. The van der Waals surface area contributed by atoms with Crippen LogP contribution in [0, 0.1) is 0 Å². The molecule has 0 fully saturated rings. The van der Waals surface area contributed by atoms with E-state index in [1.807, 2.05) is 0 Å². The van der Waals surface area contributed by atoms with Gasteiger partial charge in [0.05, 0.1) is 0 Å². The number of hydrogen-bond donors (Lipinski definition) is 1. The fourth-order valence-corrected chi connectivity index (χ4v) is 2.16. The van der Waals surface area contributed by atoms with Gasteiger partial charge in [-0.1, -0.05) is 29.4 Å². The summed E-state index contributed by atoms with van der Waals surface area (Å²) in [6.45, 7) is 0. The van der Waals surface area contributed by atoms with Crippen LogP contribution in [0.15, 0.2) is 39.5 Å². The normalized spacial score (nSPS) is 12.9. The van der Waals surface area contributed by atoms with Crippen LogP contribution in [0.2, 0.25) is 0 Å². The molecule has 0 radical (unpaired) electrons. The maximum atomic E-state index is 12.8. The lowest BCUT2D eigenvalue weighted by molar-refractivity contribution is -0.159. The molecule has 0 aliphatic heterocycles. The molecule has 154 valence electrons. The van der Waals surface area contributed by atoms with Gasteiger partial charge in [0.1, 0.15) is 6.26 Å². The van der Waals surface area contributed by atoms with Crippen molar-refractivity contribution in [3.8, 4) is 11.4 Å². The van der Waals surface area contributed by atoms with E-state index in [0.29, 0.717) is 5.56 Å². The van der Waals surface area contributed by atoms with Crippen LogP contribution < -0.4 is 5.32 Å². The van der Waals surface area contributed by atoms with Crippen LogP contribution in [-0.2, 0) is 12.6 Å². The minimum absolute atomic E-state index is 0.0364. The van der Waals surface area contributed by atoms with E-state index in [1.165, 1.54) is 29.6 Å². The number of halogens is 6. The molecular weight excluding hydrogens is 410 g/mol. The lowest BCUT2D eigenvalue weighted by Gasteiger charge is -2.07. The summed E-state index contributed by atoms with van der Waals surface area (Å²) in [5.74, 6) is -2.85. The lowest BCUT2D eigenvalue weighted by Crippen LogP contribution is -2.36. The predicted octanol–water partition coefficient (Wildman–Crippen LogP) is 3.62. The quantitative estimate of drug-likeness (QED) is 0.484. The highest BCUT2D eigenvalue weighted by Gasteiger charge is 2.38. The Bertz CT molecular complexity index is 983. The summed E-state index contributed by atoms with van der Waals surface area (Å²) in [6, 6.07) is 5.93. The number of hydrogen-bond acceptors (Lipinski definition) is 6. The van der Waals surface area contributed by atoms with Crippen molar-refractivity contribution in [3.05, 3.63) is 53.6 Å². The summed E-state index contributed by atoms with van der Waals surface area (Å²) >= 11 is 0. The van der Waals surface area contributed by atoms with Gasteiger partial charge in [-0.25, -0.2) is 18.2 Å². The van der Waals surface area contributed by atoms with Gasteiger partial charge < -0.3 is 14.3 Å². The number of benzene rings is 1. The van der Waals surface area contributed by atoms with Gasteiger partial charge in [0.2, 0.25) is 12.1 Å². The molecule has 29 heavy (non-hydrogen) atoms. The Morgan fingerprint density at radius 3 is 2.38 bits per heavy atom. The van der Waals surface area contributed by atoms with Crippen LogP contribution in [0.25, 0.3) is 11.4 Å². The second kappa shape index (κ2) is 7.93. The Kier molecular flexibility index (Phi) is 5.57. The summed E-state index contributed by atoms with van der Waals surface area (Å²) in [5, 5.41) is 4.69. The Balaban J connectivity index is 1.65. The molecule has 0 aliphatic rings. The van der Waals surface area contributed by atoms with Crippen molar-refractivity contribution in [2.45, 2.75) is 25.3 Å². The topological polar surface area (TPSA) is 94.1 Å². The maximum Gasteiger partial charge on any atom is 0.471 e. The van der Waals surface area contributed by atoms with E-state index < -0.39 is 30.7 Å². The van der Waals surface area contributed by atoms with Crippen LogP contribution in [0.3, 0.4) is 0 Å². The molecule has 0 spiro atoms. The molecular formula is C16H10F6N4O3. The first-order chi connectivity index (χ1) is 13.6. The SMILES string of the molecule is O=C(NC(F)C(F)F)c1coc(Cc2ccc(-c3noc(C(F)(F)F)n3)cc2)n1. The van der Waals surface area contributed by atoms with E-state index in [-0.39, 0.29) is 29.4 Å². The number of rotatable bonds is 6. The van der Waals surface area contributed by atoms with Crippen molar-refractivity contribution in [2.75, 3.05) is 0 Å². The number of oxazole rings is 1. The number of carbonyl (C=O) groups excluding carboxylic acids is 1. The zero-order chi connectivity index (χ0) is 21.2. The van der Waals surface area contributed by atoms with Gasteiger partial charge in [-0.05, 0) is 5.56 Å². The summed E-state index contributed by atoms with van der Waals surface area (Å²) < 4.78 is 83.7. The summed E-state index contributed by atoms with van der Waals surface area (Å²) in [6.07, 6.45) is -10.0. The fraction of sp³-hybridized carbons (Fsp3) is 0.250. The Morgan fingerprint density at radius 1 is 1.10 bits per heavy atom. The van der Waals surface area contributed by atoms with E-state index in [1.54, 1.807) is 0 Å². The third kappa shape index (κ3) is 4.92.